The van der Waals surface area contributed by atoms with E-state index in [2.05, 4.69) is 12.2 Å². The lowest BCUT2D eigenvalue weighted by molar-refractivity contribution is -0.139. The van der Waals surface area contributed by atoms with Crippen LogP contribution in [0, 0.1) is 5.92 Å². The number of rotatable bonds is 7. The van der Waals surface area contributed by atoms with Crippen molar-refractivity contribution in [1.82, 2.24) is 10.2 Å². The van der Waals surface area contributed by atoms with Crippen molar-refractivity contribution in [3.8, 4) is 0 Å². The third-order valence-electron chi connectivity index (χ3n) is 3.32. The van der Waals surface area contributed by atoms with Crippen molar-refractivity contribution in [1.29, 1.82) is 0 Å². The van der Waals surface area contributed by atoms with Crippen LogP contribution in [0.15, 0.2) is 0 Å². The van der Waals surface area contributed by atoms with Crippen LogP contribution >= 0.6 is 0 Å². The number of aliphatic carboxylic acids is 1. The number of nitrogens with zero attached hydrogens (tertiary/aromatic N) is 1. The second kappa shape index (κ2) is 7.24. The fourth-order valence-corrected chi connectivity index (χ4v) is 2.19. The molecule has 0 aliphatic carbocycles. The summed E-state index contributed by atoms with van der Waals surface area (Å²) in [7, 11) is 0. The number of urea groups is 1. The highest BCUT2D eigenvalue weighted by molar-refractivity contribution is 5.76. The molecule has 0 bridgehead atoms. The molecule has 1 aliphatic heterocycles. The van der Waals surface area contributed by atoms with Crippen molar-refractivity contribution in [3.63, 3.8) is 0 Å². The summed E-state index contributed by atoms with van der Waals surface area (Å²) in [6.45, 7) is 5.31. The second-order valence-corrected chi connectivity index (χ2v) is 5.22. The maximum Gasteiger partial charge on any atom is 0.317 e. The van der Waals surface area contributed by atoms with Crippen LogP contribution in [0.2, 0.25) is 0 Å². The molecule has 5 nitrogen and oxygen atoms in total. The van der Waals surface area contributed by atoms with Crippen molar-refractivity contribution in [2.45, 2.75) is 52.0 Å². The first-order chi connectivity index (χ1) is 8.52. The van der Waals surface area contributed by atoms with Gasteiger partial charge in [-0.25, -0.2) is 4.79 Å². The van der Waals surface area contributed by atoms with Crippen molar-refractivity contribution >= 4 is 12.0 Å². The lowest BCUT2D eigenvalue weighted by Crippen LogP contribution is -2.55. The van der Waals surface area contributed by atoms with Gasteiger partial charge in [-0.1, -0.05) is 26.2 Å². The predicted octanol–water partition coefficient (Wildman–Crippen LogP) is 2.07. The Labute approximate surface area is 109 Å². The summed E-state index contributed by atoms with van der Waals surface area (Å²) in [5, 5.41) is 11.6. The van der Waals surface area contributed by atoms with Gasteiger partial charge in [0.25, 0.3) is 0 Å². The van der Waals surface area contributed by atoms with Gasteiger partial charge in [0, 0.05) is 25.0 Å². The Morgan fingerprint density at radius 3 is 2.61 bits per heavy atom. The quantitative estimate of drug-likeness (QED) is 0.685. The number of carboxylic acids is 1. The summed E-state index contributed by atoms with van der Waals surface area (Å²) < 4.78 is 0. The average Bonchev–Trinajstić information content (AvgIpc) is 2.22. The number of hydrogen-bond acceptors (Lipinski definition) is 2. The molecule has 0 aromatic rings. The predicted molar refractivity (Wildman–Crippen MR) is 69.5 cm³/mol. The fourth-order valence-electron chi connectivity index (χ4n) is 2.19. The molecule has 1 saturated heterocycles. The number of carbonyl (C=O) groups excluding carboxylic acids is 1. The standard InChI is InChI=1S/C13H24N2O3/c1-3-4-5-6-10(2)14-13(18)15-8-11(9-15)7-12(16)17/h10-11H,3-9H2,1-2H3,(H,14,18)(H,16,17). The molecular weight excluding hydrogens is 232 g/mol. The molecule has 18 heavy (non-hydrogen) atoms. The Hall–Kier alpha value is -1.26. The lowest BCUT2D eigenvalue weighted by Gasteiger charge is -2.39. The summed E-state index contributed by atoms with van der Waals surface area (Å²) in [4.78, 5) is 23.9. The van der Waals surface area contributed by atoms with E-state index < -0.39 is 5.97 Å². The van der Waals surface area contributed by atoms with Gasteiger partial charge in [0.15, 0.2) is 0 Å². The molecule has 1 aliphatic rings. The molecule has 0 aromatic carbocycles. The molecule has 1 fully saturated rings. The summed E-state index contributed by atoms with van der Waals surface area (Å²) in [5.74, 6) is -0.656. The summed E-state index contributed by atoms with van der Waals surface area (Å²) in [6.07, 6.45) is 4.69. The zero-order chi connectivity index (χ0) is 13.5. The molecular formula is C13H24N2O3. The van der Waals surface area contributed by atoms with Gasteiger partial charge in [-0.2, -0.15) is 0 Å². The smallest absolute Gasteiger partial charge is 0.317 e. The zero-order valence-corrected chi connectivity index (χ0v) is 11.3. The number of unbranched alkanes of at least 4 members (excludes halogenated alkanes) is 2. The highest BCUT2D eigenvalue weighted by Crippen LogP contribution is 2.19. The van der Waals surface area contributed by atoms with Crippen LogP contribution < -0.4 is 5.32 Å². The fraction of sp³-hybridized carbons (Fsp3) is 0.846. The summed E-state index contributed by atoms with van der Waals surface area (Å²) in [5.41, 5.74) is 0. The van der Waals surface area contributed by atoms with Crippen LogP contribution in [0.1, 0.15) is 46.0 Å². The van der Waals surface area contributed by atoms with Gasteiger partial charge in [0.05, 0.1) is 6.42 Å². The SMILES string of the molecule is CCCCCC(C)NC(=O)N1CC(CC(=O)O)C1. The monoisotopic (exact) mass is 256 g/mol. The highest BCUT2D eigenvalue weighted by Gasteiger charge is 2.32. The van der Waals surface area contributed by atoms with E-state index in [0.29, 0.717) is 13.1 Å². The highest BCUT2D eigenvalue weighted by atomic mass is 16.4. The molecule has 1 rings (SSSR count). The molecule has 2 N–H and O–H groups in total. The van der Waals surface area contributed by atoms with E-state index in [1.807, 2.05) is 6.92 Å². The molecule has 1 heterocycles. The Morgan fingerprint density at radius 2 is 2.06 bits per heavy atom. The first-order valence-electron chi connectivity index (χ1n) is 6.80. The van der Waals surface area contributed by atoms with Gasteiger partial charge >= 0.3 is 12.0 Å². The van der Waals surface area contributed by atoms with Crippen LogP contribution in [-0.2, 0) is 4.79 Å². The maximum atomic E-state index is 11.8. The first-order valence-corrected chi connectivity index (χ1v) is 6.80. The van der Waals surface area contributed by atoms with E-state index >= 15 is 0 Å². The number of hydrogen-bond donors (Lipinski definition) is 2. The van der Waals surface area contributed by atoms with E-state index in [1.165, 1.54) is 12.8 Å². The molecule has 1 atom stereocenters. The number of amides is 2. The van der Waals surface area contributed by atoms with Gasteiger partial charge in [0.2, 0.25) is 0 Å². The largest absolute Gasteiger partial charge is 0.481 e. The van der Waals surface area contributed by atoms with Gasteiger partial charge in [-0.15, -0.1) is 0 Å². The molecule has 2 amide bonds. The Morgan fingerprint density at radius 1 is 1.39 bits per heavy atom. The van der Waals surface area contributed by atoms with Gasteiger partial charge in [-0.05, 0) is 13.3 Å². The van der Waals surface area contributed by atoms with Crippen molar-refractivity contribution in [2.75, 3.05) is 13.1 Å². The summed E-state index contributed by atoms with van der Waals surface area (Å²) in [6, 6.07) is 0.142. The third kappa shape index (κ3) is 4.94. The van der Waals surface area contributed by atoms with Crippen LogP contribution in [0.25, 0.3) is 0 Å². The zero-order valence-electron chi connectivity index (χ0n) is 11.3. The third-order valence-corrected chi connectivity index (χ3v) is 3.32. The molecule has 0 radical (unpaired) electrons. The van der Waals surface area contributed by atoms with E-state index in [1.54, 1.807) is 4.90 Å². The van der Waals surface area contributed by atoms with E-state index in [0.717, 1.165) is 12.8 Å². The molecule has 5 heteroatoms. The number of carboxylic acid groups (broad SMARTS) is 1. The first kappa shape index (κ1) is 14.8. The van der Waals surface area contributed by atoms with Crippen LogP contribution in [-0.4, -0.2) is 41.1 Å². The summed E-state index contributed by atoms with van der Waals surface area (Å²) >= 11 is 0. The molecule has 0 spiro atoms. The van der Waals surface area contributed by atoms with E-state index in [9.17, 15) is 9.59 Å². The molecule has 104 valence electrons. The van der Waals surface area contributed by atoms with Gasteiger partial charge in [-0.3, -0.25) is 4.79 Å². The number of likely N-dealkylation sites (tertiary alicyclic amines) is 1. The Kier molecular flexibility index (Phi) is 5.95. The van der Waals surface area contributed by atoms with Crippen LogP contribution in [0.5, 0.6) is 0 Å². The lowest BCUT2D eigenvalue weighted by atomic mass is 9.97. The minimum Gasteiger partial charge on any atom is -0.481 e. The van der Waals surface area contributed by atoms with E-state index in [4.69, 9.17) is 5.11 Å². The minimum absolute atomic E-state index is 0.0550. The Bertz CT molecular complexity index is 288. The molecule has 1 unspecified atom stereocenters. The topological polar surface area (TPSA) is 69.6 Å². The molecule has 0 saturated carbocycles. The average molecular weight is 256 g/mol. The maximum absolute atomic E-state index is 11.8. The second-order valence-electron chi connectivity index (χ2n) is 5.22. The van der Waals surface area contributed by atoms with Gasteiger partial charge < -0.3 is 15.3 Å². The van der Waals surface area contributed by atoms with Crippen molar-refractivity contribution in [3.05, 3.63) is 0 Å². The normalized spacial score (nSPS) is 17.1. The number of carbonyl (C=O) groups is 2. The van der Waals surface area contributed by atoms with Crippen molar-refractivity contribution < 1.29 is 14.7 Å². The van der Waals surface area contributed by atoms with E-state index in [-0.39, 0.29) is 24.4 Å². The minimum atomic E-state index is -0.784. The van der Waals surface area contributed by atoms with Crippen LogP contribution in [0.3, 0.4) is 0 Å². The van der Waals surface area contributed by atoms with Crippen LogP contribution in [0.4, 0.5) is 4.79 Å². The Balaban J connectivity index is 2.13. The van der Waals surface area contributed by atoms with Crippen molar-refractivity contribution in [2.24, 2.45) is 5.92 Å². The molecule has 0 aromatic heterocycles. The van der Waals surface area contributed by atoms with Gasteiger partial charge in [0.1, 0.15) is 0 Å². The number of nitrogens with one attached hydrogen (secondary N) is 1.